The number of nitrogens with zero attached hydrogens (tertiary/aromatic N) is 2. The average molecular weight is 300 g/mol. The Bertz CT molecular complexity index is 614. The van der Waals surface area contributed by atoms with Crippen molar-refractivity contribution in [3.05, 3.63) is 42.2 Å². The van der Waals surface area contributed by atoms with Crippen LogP contribution < -0.4 is 15.4 Å². The van der Waals surface area contributed by atoms with E-state index in [0.717, 1.165) is 24.3 Å². The highest BCUT2D eigenvalue weighted by Crippen LogP contribution is 2.19. The molecule has 0 aliphatic rings. The summed E-state index contributed by atoms with van der Waals surface area (Å²) < 4.78 is 5.16. The maximum Gasteiger partial charge on any atom is 0.254 e. The molecule has 0 aliphatic heterocycles. The lowest BCUT2D eigenvalue weighted by molar-refractivity contribution is 0.0952. The molecular weight excluding hydrogens is 280 g/mol. The molecule has 2 aromatic rings. The number of rotatable bonds is 7. The van der Waals surface area contributed by atoms with E-state index in [1.165, 1.54) is 12.4 Å². The minimum absolute atomic E-state index is 0.151. The van der Waals surface area contributed by atoms with Crippen molar-refractivity contribution in [2.75, 3.05) is 19.0 Å². The molecule has 6 heteroatoms. The number of methoxy groups -OCH3 is 1. The SMILES string of the molecule is CCCCNC(=O)c1cnc(Nc2cccc(OC)c2)nc1. The molecule has 116 valence electrons. The normalized spacial score (nSPS) is 10.1. The van der Waals surface area contributed by atoms with Gasteiger partial charge in [-0.2, -0.15) is 0 Å². The molecule has 1 amide bonds. The van der Waals surface area contributed by atoms with Gasteiger partial charge in [0.25, 0.3) is 5.91 Å². The highest BCUT2D eigenvalue weighted by Gasteiger charge is 2.06. The Morgan fingerprint density at radius 1 is 1.27 bits per heavy atom. The third-order valence-electron chi connectivity index (χ3n) is 3.06. The van der Waals surface area contributed by atoms with Gasteiger partial charge in [-0.3, -0.25) is 4.79 Å². The van der Waals surface area contributed by atoms with Crippen LogP contribution in [0.15, 0.2) is 36.7 Å². The molecule has 0 atom stereocenters. The van der Waals surface area contributed by atoms with Crippen LogP contribution in [-0.2, 0) is 0 Å². The monoisotopic (exact) mass is 300 g/mol. The number of nitrogens with one attached hydrogen (secondary N) is 2. The summed E-state index contributed by atoms with van der Waals surface area (Å²) in [5.41, 5.74) is 1.27. The number of unbranched alkanes of at least 4 members (excludes halogenated alkanes) is 1. The lowest BCUT2D eigenvalue weighted by Crippen LogP contribution is -2.24. The topological polar surface area (TPSA) is 76.1 Å². The molecular formula is C16H20N4O2. The van der Waals surface area contributed by atoms with Gasteiger partial charge in [0.15, 0.2) is 0 Å². The van der Waals surface area contributed by atoms with E-state index in [-0.39, 0.29) is 5.91 Å². The summed E-state index contributed by atoms with van der Waals surface area (Å²) in [4.78, 5) is 20.2. The molecule has 2 N–H and O–H groups in total. The largest absolute Gasteiger partial charge is 0.497 e. The summed E-state index contributed by atoms with van der Waals surface area (Å²) >= 11 is 0. The molecule has 0 aliphatic carbocycles. The van der Waals surface area contributed by atoms with Gasteiger partial charge < -0.3 is 15.4 Å². The number of carbonyl (C=O) groups is 1. The van der Waals surface area contributed by atoms with Crippen molar-refractivity contribution in [1.82, 2.24) is 15.3 Å². The van der Waals surface area contributed by atoms with Gasteiger partial charge >= 0.3 is 0 Å². The summed E-state index contributed by atoms with van der Waals surface area (Å²) in [6.45, 7) is 2.74. The van der Waals surface area contributed by atoms with Crippen LogP contribution in [0.5, 0.6) is 5.75 Å². The Balaban J connectivity index is 1.97. The van der Waals surface area contributed by atoms with Crippen LogP contribution in [0, 0.1) is 0 Å². The molecule has 6 nitrogen and oxygen atoms in total. The molecule has 0 fully saturated rings. The minimum atomic E-state index is -0.151. The summed E-state index contributed by atoms with van der Waals surface area (Å²) in [7, 11) is 1.61. The zero-order chi connectivity index (χ0) is 15.8. The first-order valence-electron chi connectivity index (χ1n) is 7.24. The fraction of sp³-hybridized carbons (Fsp3) is 0.312. The molecule has 1 heterocycles. The Morgan fingerprint density at radius 3 is 2.73 bits per heavy atom. The number of hydrogen-bond acceptors (Lipinski definition) is 5. The second-order valence-corrected chi connectivity index (χ2v) is 4.76. The minimum Gasteiger partial charge on any atom is -0.497 e. The second-order valence-electron chi connectivity index (χ2n) is 4.76. The standard InChI is InChI=1S/C16H20N4O2/c1-3-4-8-17-15(21)12-10-18-16(19-11-12)20-13-6-5-7-14(9-13)22-2/h5-7,9-11H,3-4,8H2,1-2H3,(H,17,21)(H,18,19,20). The van der Waals surface area contributed by atoms with E-state index < -0.39 is 0 Å². The number of amides is 1. The second kappa shape index (κ2) is 7.97. The molecule has 0 unspecified atom stereocenters. The summed E-state index contributed by atoms with van der Waals surface area (Å²) in [6, 6.07) is 7.46. The fourth-order valence-electron chi connectivity index (χ4n) is 1.82. The highest BCUT2D eigenvalue weighted by atomic mass is 16.5. The van der Waals surface area contributed by atoms with Gasteiger partial charge in [-0.15, -0.1) is 0 Å². The van der Waals surface area contributed by atoms with Crippen molar-refractivity contribution in [2.24, 2.45) is 0 Å². The van der Waals surface area contributed by atoms with Gasteiger partial charge in [0.05, 0.1) is 12.7 Å². The first kappa shape index (κ1) is 15.8. The zero-order valence-corrected chi connectivity index (χ0v) is 12.8. The van der Waals surface area contributed by atoms with Crippen molar-refractivity contribution in [2.45, 2.75) is 19.8 Å². The van der Waals surface area contributed by atoms with Crippen LogP contribution >= 0.6 is 0 Å². The van der Waals surface area contributed by atoms with E-state index in [9.17, 15) is 4.79 Å². The van der Waals surface area contributed by atoms with Crippen LogP contribution in [0.3, 0.4) is 0 Å². The van der Waals surface area contributed by atoms with E-state index in [0.29, 0.717) is 18.1 Å². The number of aromatic nitrogens is 2. The Kier molecular flexibility index (Phi) is 5.71. The van der Waals surface area contributed by atoms with Gasteiger partial charge in [-0.1, -0.05) is 19.4 Å². The quantitative estimate of drug-likeness (QED) is 0.769. The fourth-order valence-corrected chi connectivity index (χ4v) is 1.82. The number of hydrogen-bond donors (Lipinski definition) is 2. The Morgan fingerprint density at radius 2 is 2.05 bits per heavy atom. The van der Waals surface area contributed by atoms with Crippen LogP contribution in [-0.4, -0.2) is 29.5 Å². The van der Waals surface area contributed by atoms with E-state index in [1.807, 2.05) is 24.3 Å². The van der Waals surface area contributed by atoms with Crippen molar-refractivity contribution in [1.29, 1.82) is 0 Å². The van der Waals surface area contributed by atoms with Crippen LogP contribution in [0.25, 0.3) is 0 Å². The summed E-state index contributed by atoms with van der Waals surface area (Å²) in [5.74, 6) is 1.02. The molecule has 22 heavy (non-hydrogen) atoms. The zero-order valence-electron chi connectivity index (χ0n) is 12.8. The van der Waals surface area contributed by atoms with E-state index in [1.54, 1.807) is 7.11 Å². The third-order valence-corrected chi connectivity index (χ3v) is 3.06. The molecule has 0 saturated carbocycles. The van der Waals surface area contributed by atoms with Crippen LogP contribution in [0.4, 0.5) is 11.6 Å². The molecule has 0 spiro atoms. The smallest absolute Gasteiger partial charge is 0.254 e. The Labute approximate surface area is 129 Å². The van der Waals surface area contributed by atoms with E-state index in [4.69, 9.17) is 4.74 Å². The van der Waals surface area contributed by atoms with Gasteiger partial charge in [0, 0.05) is 30.7 Å². The lowest BCUT2D eigenvalue weighted by atomic mass is 10.3. The van der Waals surface area contributed by atoms with Gasteiger partial charge in [0.2, 0.25) is 5.95 Å². The molecule has 2 rings (SSSR count). The molecule has 0 saturated heterocycles. The maximum absolute atomic E-state index is 11.8. The molecule has 0 bridgehead atoms. The summed E-state index contributed by atoms with van der Waals surface area (Å²) in [6.07, 6.45) is 5.02. The van der Waals surface area contributed by atoms with Gasteiger partial charge in [0.1, 0.15) is 5.75 Å². The van der Waals surface area contributed by atoms with Crippen LogP contribution in [0.2, 0.25) is 0 Å². The number of anilines is 2. The molecule has 1 aromatic heterocycles. The van der Waals surface area contributed by atoms with Crippen LogP contribution in [0.1, 0.15) is 30.1 Å². The van der Waals surface area contributed by atoms with Gasteiger partial charge in [-0.05, 0) is 18.6 Å². The van der Waals surface area contributed by atoms with Crippen molar-refractivity contribution >= 4 is 17.5 Å². The van der Waals surface area contributed by atoms with E-state index >= 15 is 0 Å². The molecule has 0 radical (unpaired) electrons. The van der Waals surface area contributed by atoms with Gasteiger partial charge in [-0.25, -0.2) is 9.97 Å². The van der Waals surface area contributed by atoms with Crippen molar-refractivity contribution in [3.8, 4) is 5.75 Å². The molecule has 1 aromatic carbocycles. The number of benzene rings is 1. The number of ether oxygens (including phenoxy) is 1. The maximum atomic E-state index is 11.8. The van der Waals surface area contributed by atoms with Crippen molar-refractivity contribution < 1.29 is 9.53 Å². The highest BCUT2D eigenvalue weighted by molar-refractivity contribution is 5.93. The predicted molar refractivity (Wildman–Crippen MR) is 85.5 cm³/mol. The van der Waals surface area contributed by atoms with Crippen molar-refractivity contribution in [3.63, 3.8) is 0 Å². The third kappa shape index (κ3) is 4.44. The predicted octanol–water partition coefficient (Wildman–Crippen LogP) is 2.76. The lowest BCUT2D eigenvalue weighted by Gasteiger charge is -2.07. The Hall–Kier alpha value is -2.63. The average Bonchev–Trinajstić information content (AvgIpc) is 2.56. The first-order chi connectivity index (χ1) is 10.7. The van der Waals surface area contributed by atoms with E-state index in [2.05, 4.69) is 27.5 Å². The summed E-state index contributed by atoms with van der Waals surface area (Å²) in [5, 5.41) is 5.89. The number of carbonyl (C=O) groups excluding carboxylic acids is 1. The first-order valence-corrected chi connectivity index (χ1v) is 7.24.